The molecule has 0 saturated carbocycles. The van der Waals surface area contributed by atoms with Crippen LogP contribution in [0.1, 0.15) is 150 Å². The number of carbonyl (C=O) groups is 2. The summed E-state index contributed by atoms with van der Waals surface area (Å²) >= 11 is 0. The number of hydrogen-bond acceptors (Lipinski definition) is 7. The number of hydrogen-bond donors (Lipinski definition) is 5. The predicted octanol–water partition coefficient (Wildman–Crippen LogP) is 8.56. The highest BCUT2D eigenvalue weighted by Gasteiger charge is 2.29. The Morgan fingerprint density at radius 2 is 0.656 bits per heavy atom. The van der Waals surface area contributed by atoms with Crippen LogP contribution in [-0.2, 0) is 56.9 Å². The van der Waals surface area contributed by atoms with Gasteiger partial charge in [-0.2, -0.15) is 0 Å². The third kappa shape index (κ3) is 10.9. The molecule has 9 nitrogen and oxygen atoms in total. The maximum absolute atomic E-state index is 13.4. The lowest BCUT2D eigenvalue weighted by molar-refractivity contribution is -0.123. The van der Waals surface area contributed by atoms with Crippen LogP contribution in [0, 0.1) is 0 Å². The highest BCUT2D eigenvalue weighted by atomic mass is 16.5. The molecule has 0 spiro atoms. The van der Waals surface area contributed by atoms with Crippen LogP contribution in [0.5, 0.6) is 23.0 Å². The number of amides is 2. The number of fused-ring (bicyclic) bond motifs is 2. The molecular weight excluding hydrogens is 763 g/mol. The van der Waals surface area contributed by atoms with Crippen molar-refractivity contribution in [3.05, 3.63) is 115 Å². The predicted molar refractivity (Wildman–Crippen MR) is 245 cm³/mol. The molecule has 2 aliphatic rings. The highest BCUT2D eigenvalue weighted by molar-refractivity contribution is 5.78. The van der Waals surface area contributed by atoms with Gasteiger partial charge in [0.15, 0.2) is 13.2 Å². The van der Waals surface area contributed by atoms with E-state index < -0.39 is 0 Å². The van der Waals surface area contributed by atoms with Crippen LogP contribution in [0.15, 0.2) is 48.5 Å². The number of ether oxygens (including phenoxy) is 2. The molecule has 1 aliphatic carbocycles. The Bertz CT molecular complexity index is 2040. The quantitative estimate of drug-likeness (QED) is 0.106. The molecule has 328 valence electrons. The van der Waals surface area contributed by atoms with Gasteiger partial charge >= 0.3 is 0 Å². The van der Waals surface area contributed by atoms with Gasteiger partial charge in [-0.25, -0.2) is 0 Å². The summed E-state index contributed by atoms with van der Waals surface area (Å²) in [5.41, 5.74) is 9.61. The molecule has 0 saturated heterocycles. The van der Waals surface area contributed by atoms with Gasteiger partial charge in [-0.15, -0.1) is 0 Å². The van der Waals surface area contributed by atoms with Crippen molar-refractivity contribution in [3.8, 4) is 23.0 Å². The first kappa shape index (κ1) is 45.5. The van der Waals surface area contributed by atoms with E-state index in [0.29, 0.717) is 63.4 Å². The Morgan fingerprint density at radius 3 is 0.902 bits per heavy atom. The van der Waals surface area contributed by atoms with Gasteiger partial charge in [0, 0.05) is 51.9 Å². The molecule has 5 N–H and O–H groups in total. The van der Waals surface area contributed by atoms with E-state index in [1.54, 1.807) is 0 Å². The molecule has 1 heterocycles. The van der Waals surface area contributed by atoms with E-state index >= 15 is 0 Å². The third-order valence-electron chi connectivity index (χ3n) is 12.0. The smallest absolute Gasteiger partial charge is 0.257 e. The molecule has 1 aliphatic heterocycles. The van der Waals surface area contributed by atoms with E-state index in [-0.39, 0.29) is 58.2 Å². The summed E-state index contributed by atoms with van der Waals surface area (Å²) in [5, 5.41) is 34.1. The number of phenolic OH excluding ortho intramolecular Hbond substituents is 2. The second-order valence-corrected chi connectivity index (χ2v) is 21.3. The second-order valence-electron chi connectivity index (χ2n) is 21.3. The van der Waals surface area contributed by atoms with Gasteiger partial charge in [0.05, 0.1) is 0 Å². The summed E-state index contributed by atoms with van der Waals surface area (Å²) in [6.45, 7) is 27.5. The fourth-order valence-corrected chi connectivity index (χ4v) is 8.10. The van der Waals surface area contributed by atoms with E-state index in [0.717, 1.165) is 66.8 Å². The number of rotatable bonds is 0. The van der Waals surface area contributed by atoms with Gasteiger partial charge in [-0.3, -0.25) is 9.59 Å². The molecular formula is C52H69N3O6. The average molecular weight is 832 g/mol. The molecule has 0 unspecified atom stereocenters. The zero-order chi connectivity index (χ0) is 44.7. The second kappa shape index (κ2) is 17.4. The summed E-state index contributed by atoms with van der Waals surface area (Å²) in [5.74, 6) is 0.993. The third-order valence-corrected chi connectivity index (χ3v) is 12.0. The van der Waals surface area contributed by atoms with Crippen molar-refractivity contribution in [2.75, 3.05) is 39.4 Å². The molecule has 4 aromatic rings. The lowest BCUT2D eigenvalue weighted by atomic mass is 9.79. The maximum Gasteiger partial charge on any atom is 0.257 e. The zero-order valence-electron chi connectivity index (χ0n) is 38.7. The van der Waals surface area contributed by atoms with Crippen molar-refractivity contribution in [3.63, 3.8) is 0 Å². The Balaban J connectivity index is 1.74. The summed E-state index contributed by atoms with van der Waals surface area (Å²) in [6, 6.07) is 17.0. The Labute approximate surface area is 364 Å². The van der Waals surface area contributed by atoms with Gasteiger partial charge in [-0.1, -0.05) is 132 Å². The number of benzene rings is 4. The fourth-order valence-electron chi connectivity index (χ4n) is 8.10. The lowest BCUT2D eigenvalue weighted by Crippen LogP contribution is -2.38. The average Bonchev–Trinajstić information content (AvgIpc) is 3.14. The monoisotopic (exact) mass is 832 g/mol. The topological polar surface area (TPSA) is 129 Å². The normalized spacial score (nSPS) is 16.2. The van der Waals surface area contributed by atoms with E-state index in [4.69, 9.17) is 9.47 Å². The number of phenols is 2. The zero-order valence-corrected chi connectivity index (χ0v) is 38.7. The van der Waals surface area contributed by atoms with Crippen LogP contribution in [0.25, 0.3) is 0 Å². The number of aromatic hydroxyl groups is 2. The van der Waals surface area contributed by atoms with Crippen molar-refractivity contribution < 1.29 is 29.3 Å². The van der Waals surface area contributed by atoms with Crippen LogP contribution in [0.4, 0.5) is 0 Å². The van der Waals surface area contributed by atoms with Crippen LogP contribution >= 0.6 is 0 Å². The molecule has 2 amide bonds. The van der Waals surface area contributed by atoms with Gasteiger partial charge in [-0.05, 0) is 88.4 Å². The largest absolute Gasteiger partial charge is 0.507 e. The molecule has 10 bridgehead atoms. The standard InChI is InChI=1S/C52H69N3O6/c1-49(2,3)39-21-31-17-35-25-41(51(7,8)9)27-37-19-33-23-40(50(4,5)6)24-34(46(33)59)20-38-28-42(52(10,11)12)26-36(18-32(22-39)45(31)58)48(38)61-30-44(57)55-16-14-53-13-15-54-43(56)29-60-47(35)37/h21-28,53,58-59H,13-20,29-30H2,1-12H3,(H,54,56)(H,55,57). The van der Waals surface area contributed by atoms with Crippen molar-refractivity contribution >= 4 is 11.8 Å². The minimum absolute atomic E-state index is 0.185. The van der Waals surface area contributed by atoms with E-state index in [1.807, 2.05) is 0 Å². The molecule has 4 aromatic carbocycles. The van der Waals surface area contributed by atoms with Crippen LogP contribution in [0.3, 0.4) is 0 Å². The summed E-state index contributed by atoms with van der Waals surface area (Å²) in [4.78, 5) is 26.8. The molecule has 0 radical (unpaired) electrons. The van der Waals surface area contributed by atoms with Gasteiger partial charge in [0.2, 0.25) is 0 Å². The maximum atomic E-state index is 13.4. The van der Waals surface area contributed by atoms with Crippen molar-refractivity contribution in [1.82, 2.24) is 16.0 Å². The molecule has 0 atom stereocenters. The first-order chi connectivity index (χ1) is 28.4. The number of carbonyl (C=O) groups excluding carboxylic acids is 2. The SMILES string of the molecule is CC(C)(C)c1cc2c(O)c(c1)Cc1cc(C(C)(C)C)cc3c1OCC(=O)NCCNCCNC(=O)COc1c(cc(C(C)(C)C)cc1Cc1cc(C(C)(C)C)cc(c1O)C3)C2. The first-order valence-electron chi connectivity index (χ1n) is 21.9. The molecule has 6 rings (SSSR count). The van der Waals surface area contributed by atoms with Crippen LogP contribution in [0.2, 0.25) is 0 Å². The Hall–Kier alpha value is -5.02. The summed E-state index contributed by atoms with van der Waals surface area (Å²) in [7, 11) is 0. The fraction of sp³-hybridized carbons (Fsp3) is 0.500. The first-order valence-corrected chi connectivity index (χ1v) is 21.9. The van der Waals surface area contributed by atoms with Crippen LogP contribution in [-0.4, -0.2) is 61.4 Å². The molecule has 61 heavy (non-hydrogen) atoms. The minimum atomic E-state index is -0.264. The van der Waals surface area contributed by atoms with E-state index in [9.17, 15) is 19.8 Å². The molecule has 0 aromatic heterocycles. The van der Waals surface area contributed by atoms with E-state index in [2.05, 4.69) is 148 Å². The van der Waals surface area contributed by atoms with Crippen molar-refractivity contribution in [2.24, 2.45) is 0 Å². The Kier molecular flexibility index (Phi) is 13.0. The molecule has 0 fully saturated rings. The summed E-state index contributed by atoms with van der Waals surface area (Å²) < 4.78 is 13.3. The van der Waals surface area contributed by atoms with E-state index in [1.165, 1.54) is 0 Å². The lowest BCUT2D eigenvalue weighted by Gasteiger charge is -2.28. The van der Waals surface area contributed by atoms with Gasteiger partial charge < -0.3 is 35.6 Å². The van der Waals surface area contributed by atoms with Gasteiger partial charge in [0.1, 0.15) is 23.0 Å². The highest BCUT2D eigenvalue weighted by Crippen LogP contribution is 2.43. The van der Waals surface area contributed by atoms with Crippen LogP contribution < -0.4 is 25.4 Å². The van der Waals surface area contributed by atoms with Crippen molar-refractivity contribution in [1.29, 1.82) is 0 Å². The van der Waals surface area contributed by atoms with Gasteiger partial charge in [0.25, 0.3) is 11.8 Å². The Morgan fingerprint density at radius 1 is 0.410 bits per heavy atom. The number of nitrogens with one attached hydrogen (secondary N) is 3. The van der Waals surface area contributed by atoms with Crippen molar-refractivity contribution in [2.45, 2.75) is 130 Å². The molecule has 9 heteroatoms. The summed E-state index contributed by atoms with van der Waals surface area (Å²) in [6.07, 6.45) is 1.32. The minimum Gasteiger partial charge on any atom is -0.507 e.